The van der Waals surface area contributed by atoms with Crippen molar-refractivity contribution in [3.05, 3.63) is 53.6 Å². The summed E-state index contributed by atoms with van der Waals surface area (Å²) in [5, 5.41) is 0. The Morgan fingerprint density at radius 3 is 2.56 bits per heavy atom. The molecule has 142 valence electrons. The summed E-state index contributed by atoms with van der Waals surface area (Å²) in [4.78, 5) is 26.4. The summed E-state index contributed by atoms with van der Waals surface area (Å²) in [6, 6.07) is 13.1. The first-order chi connectivity index (χ1) is 13.0. The number of hydrogen-bond donors (Lipinski definition) is 0. The van der Waals surface area contributed by atoms with Crippen LogP contribution < -0.4 is 14.4 Å². The van der Waals surface area contributed by atoms with Gasteiger partial charge in [0.2, 0.25) is 0 Å². The van der Waals surface area contributed by atoms with E-state index < -0.39 is 5.97 Å². The van der Waals surface area contributed by atoms with Gasteiger partial charge in [-0.15, -0.1) is 0 Å². The van der Waals surface area contributed by atoms with Crippen molar-refractivity contribution in [3.63, 3.8) is 0 Å². The van der Waals surface area contributed by atoms with Crippen molar-refractivity contribution in [2.45, 2.75) is 25.8 Å². The Hall–Kier alpha value is -3.02. The summed E-state index contributed by atoms with van der Waals surface area (Å²) in [5.41, 5.74) is 2.76. The first-order valence-corrected chi connectivity index (χ1v) is 8.80. The molecule has 1 aliphatic heterocycles. The van der Waals surface area contributed by atoms with Crippen LogP contribution in [-0.2, 0) is 27.2 Å². The van der Waals surface area contributed by atoms with Crippen molar-refractivity contribution in [2.75, 3.05) is 25.7 Å². The zero-order valence-corrected chi connectivity index (χ0v) is 15.7. The molecule has 0 spiro atoms. The number of amides is 1. The van der Waals surface area contributed by atoms with Gasteiger partial charge >= 0.3 is 5.97 Å². The van der Waals surface area contributed by atoms with Crippen LogP contribution >= 0.6 is 0 Å². The highest BCUT2D eigenvalue weighted by molar-refractivity contribution is 5.97. The number of carbonyl (C=O) groups excluding carboxylic acids is 2. The average molecular weight is 369 g/mol. The molecule has 0 aromatic heterocycles. The van der Waals surface area contributed by atoms with Crippen molar-refractivity contribution in [2.24, 2.45) is 0 Å². The van der Waals surface area contributed by atoms with Crippen LogP contribution in [0.1, 0.15) is 18.1 Å². The molecule has 27 heavy (non-hydrogen) atoms. The fraction of sp³-hybridized carbons (Fsp3) is 0.333. The predicted molar refractivity (Wildman–Crippen MR) is 101 cm³/mol. The van der Waals surface area contributed by atoms with E-state index in [2.05, 4.69) is 0 Å². The largest absolute Gasteiger partial charge is 0.493 e. The number of esters is 1. The monoisotopic (exact) mass is 369 g/mol. The van der Waals surface area contributed by atoms with E-state index in [9.17, 15) is 9.59 Å². The third kappa shape index (κ3) is 4.05. The van der Waals surface area contributed by atoms with E-state index in [0.717, 1.165) is 23.2 Å². The molecule has 0 saturated carbocycles. The Labute approximate surface area is 158 Å². The van der Waals surface area contributed by atoms with E-state index in [4.69, 9.17) is 14.2 Å². The number of ether oxygens (including phenoxy) is 3. The smallest absolute Gasteiger partial charge is 0.310 e. The predicted octanol–water partition coefficient (Wildman–Crippen LogP) is 2.77. The fourth-order valence-corrected chi connectivity index (χ4v) is 3.37. The van der Waals surface area contributed by atoms with E-state index in [1.807, 2.05) is 31.2 Å². The summed E-state index contributed by atoms with van der Waals surface area (Å²) in [7, 11) is 3.09. The molecule has 0 N–H and O–H groups in total. The number of benzene rings is 2. The Morgan fingerprint density at radius 1 is 1.07 bits per heavy atom. The van der Waals surface area contributed by atoms with Crippen molar-refractivity contribution >= 4 is 17.6 Å². The molecular weight excluding hydrogens is 346 g/mol. The summed E-state index contributed by atoms with van der Waals surface area (Å²) in [5.74, 6) is 0.455. The number of anilines is 1. The van der Waals surface area contributed by atoms with E-state index in [1.54, 1.807) is 30.2 Å². The number of fused-ring (bicyclic) bond motifs is 1. The zero-order chi connectivity index (χ0) is 19.4. The quantitative estimate of drug-likeness (QED) is 0.733. The van der Waals surface area contributed by atoms with Crippen molar-refractivity contribution in [1.82, 2.24) is 0 Å². The van der Waals surface area contributed by atoms with Gasteiger partial charge < -0.3 is 19.1 Å². The lowest BCUT2D eigenvalue weighted by Gasteiger charge is -2.22. The van der Waals surface area contributed by atoms with Gasteiger partial charge in [0.05, 0.1) is 20.6 Å². The highest BCUT2D eigenvalue weighted by atomic mass is 16.5. The molecule has 1 heterocycles. The molecule has 0 unspecified atom stereocenters. The van der Waals surface area contributed by atoms with E-state index in [-0.39, 0.29) is 25.0 Å². The van der Waals surface area contributed by atoms with Gasteiger partial charge in [-0.05, 0) is 42.7 Å². The summed E-state index contributed by atoms with van der Waals surface area (Å²) < 4.78 is 15.6. The Balaban J connectivity index is 1.59. The van der Waals surface area contributed by atoms with Gasteiger partial charge in [0.25, 0.3) is 5.91 Å². The Bertz CT molecular complexity index is 848. The molecule has 6 heteroatoms. The van der Waals surface area contributed by atoms with Crippen LogP contribution in [-0.4, -0.2) is 38.7 Å². The summed E-state index contributed by atoms with van der Waals surface area (Å²) in [6.07, 6.45) is 0.862. The molecule has 3 rings (SSSR count). The summed E-state index contributed by atoms with van der Waals surface area (Å²) >= 11 is 0. The van der Waals surface area contributed by atoms with Gasteiger partial charge in [0.1, 0.15) is 0 Å². The van der Waals surface area contributed by atoms with Crippen molar-refractivity contribution in [1.29, 1.82) is 0 Å². The number of carbonyl (C=O) groups is 2. The maximum Gasteiger partial charge on any atom is 0.310 e. The second kappa shape index (κ2) is 8.12. The molecule has 1 atom stereocenters. The molecule has 6 nitrogen and oxygen atoms in total. The molecule has 1 amide bonds. The van der Waals surface area contributed by atoms with Gasteiger partial charge in [-0.25, -0.2) is 0 Å². The van der Waals surface area contributed by atoms with Gasteiger partial charge in [-0.3, -0.25) is 9.59 Å². The molecule has 0 fully saturated rings. The van der Waals surface area contributed by atoms with Crippen LogP contribution in [0.5, 0.6) is 11.5 Å². The third-order valence-electron chi connectivity index (χ3n) is 4.63. The number of para-hydroxylation sites is 1. The third-order valence-corrected chi connectivity index (χ3v) is 4.63. The normalized spacial score (nSPS) is 15.2. The van der Waals surface area contributed by atoms with E-state index >= 15 is 0 Å². The number of methoxy groups -OCH3 is 2. The van der Waals surface area contributed by atoms with Crippen LogP contribution in [0.25, 0.3) is 0 Å². The molecule has 2 aromatic rings. The maximum absolute atomic E-state index is 12.6. The molecule has 0 aliphatic carbocycles. The highest BCUT2D eigenvalue weighted by Gasteiger charge is 2.30. The number of hydrogen-bond acceptors (Lipinski definition) is 5. The zero-order valence-electron chi connectivity index (χ0n) is 15.7. The minimum absolute atomic E-state index is 0.0550. The first-order valence-electron chi connectivity index (χ1n) is 8.80. The highest BCUT2D eigenvalue weighted by Crippen LogP contribution is 2.32. The van der Waals surface area contributed by atoms with Gasteiger partial charge in [-0.1, -0.05) is 24.3 Å². The van der Waals surface area contributed by atoms with Crippen molar-refractivity contribution < 1.29 is 23.8 Å². The molecular formula is C21H23NO5. The van der Waals surface area contributed by atoms with Crippen LogP contribution in [0.2, 0.25) is 0 Å². The van der Waals surface area contributed by atoms with Crippen LogP contribution in [0.15, 0.2) is 42.5 Å². The number of nitrogens with zero attached hydrogens (tertiary/aromatic N) is 1. The Morgan fingerprint density at radius 2 is 1.81 bits per heavy atom. The standard InChI is InChI=1S/C21H23NO5/c1-14-10-16-6-4-5-7-17(16)22(14)20(23)13-27-21(24)12-15-8-9-18(25-2)19(11-15)26-3/h4-9,11,14H,10,12-13H2,1-3H3/t14-/m1/s1. The topological polar surface area (TPSA) is 65.1 Å². The second-order valence-electron chi connectivity index (χ2n) is 6.47. The second-order valence-corrected chi connectivity index (χ2v) is 6.47. The lowest BCUT2D eigenvalue weighted by Crippen LogP contribution is -2.38. The molecule has 0 radical (unpaired) electrons. The van der Waals surface area contributed by atoms with Crippen molar-refractivity contribution in [3.8, 4) is 11.5 Å². The lowest BCUT2D eigenvalue weighted by atomic mass is 10.1. The van der Waals surface area contributed by atoms with Crippen LogP contribution in [0.3, 0.4) is 0 Å². The Kier molecular flexibility index (Phi) is 5.64. The van der Waals surface area contributed by atoms with Gasteiger partial charge in [0, 0.05) is 11.7 Å². The maximum atomic E-state index is 12.6. The minimum Gasteiger partial charge on any atom is -0.493 e. The average Bonchev–Trinajstić information content (AvgIpc) is 3.01. The first kappa shape index (κ1) is 18.8. The summed E-state index contributed by atoms with van der Waals surface area (Å²) in [6.45, 7) is 1.72. The SMILES string of the molecule is COc1ccc(CC(=O)OCC(=O)N2c3ccccc3C[C@H]2C)cc1OC. The van der Waals surface area contributed by atoms with Gasteiger partial charge in [0.15, 0.2) is 18.1 Å². The minimum atomic E-state index is -0.462. The lowest BCUT2D eigenvalue weighted by molar-refractivity contribution is -0.147. The molecule has 1 aliphatic rings. The fourth-order valence-electron chi connectivity index (χ4n) is 3.37. The molecule has 0 bridgehead atoms. The van der Waals surface area contributed by atoms with E-state index in [1.165, 1.54) is 7.11 Å². The molecule has 2 aromatic carbocycles. The van der Waals surface area contributed by atoms with Gasteiger partial charge in [-0.2, -0.15) is 0 Å². The molecule has 0 saturated heterocycles. The van der Waals surface area contributed by atoms with E-state index in [0.29, 0.717) is 11.5 Å². The van der Waals surface area contributed by atoms with Crippen LogP contribution in [0.4, 0.5) is 5.69 Å². The van der Waals surface area contributed by atoms with Crippen LogP contribution in [0, 0.1) is 0 Å². The number of rotatable bonds is 6.